The molecule has 4 rings (SSSR count). The third-order valence-electron chi connectivity index (χ3n) is 4.94. The van der Waals surface area contributed by atoms with E-state index in [2.05, 4.69) is 34.1 Å². The fourth-order valence-electron chi connectivity index (χ4n) is 3.82. The summed E-state index contributed by atoms with van der Waals surface area (Å²) in [6, 6.07) is 20.2. The fraction of sp³-hybridized carbons (Fsp3) is 0.368. The Labute approximate surface area is 135 Å². The van der Waals surface area contributed by atoms with E-state index in [1.165, 1.54) is 0 Å². The summed E-state index contributed by atoms with van der Waals surface area (Å²) in [5, 5.41) is 0. The molecule has 2 aromatic rings. The summed E-state index contributed by atoms with van der Waals surface area (Å²) in [4.78, 5) is 4.27. The largest absolute Gasteiger partial charge is 0.272 e. The lowest BCUT2D eigenvalue weighted by Gasteiger charge is -2.59. The van der Waals surface area contributed by atoms with Crippen LogP contribution >= 0.6 is 0 Å². The second kappa shape index (κ2) is 5.69. The van der Waals surface area contributed by atoms with Crippen LogP contribution < -0.4 is 0 Å². The molecule has 2 fully saturated rings. The normalized spacial score (nSPS) is 21.0. The molecule has 2 aliphatic rings. The number of likely N-dealkylation sites (tertiary alicyclic amines) is 2. The van der Waals surface area contributed by atoms with Crippen molar-refractivity contribution in [3.63, 3.8) is 0 Å². The molecule has 2 aromatic carbocycles. The zero-order valence-electron chi connectivity index (χ0n) is 12.9. The Bertz CT molecular complexity index is 590. The summed E-state index contributed by atoms with van der Waals surface area (Å²) < 4.78 is 27.3. The van der Waals surface area contributed by atoms with E-state index in [1.807, 2.05) is 36.4 Å². The molecule has 4 heteroatoms. The van der Waals surface area contributed by atoms with Gasteiger partial charge in [0, 0.05) is 26.2 Å². The Morgan fingerprint density at radius 2 is 1.00 bits per heavy atom. The Kier molecular flexibility index (Phi) is 3.66. The molecule has 0 aliphatic carbocycles. The minimum atomic E-state index is -0.802. The van der Waals surface area contributed by atoms with Gasteiger partial charge >= 0.3 is 0 Å². The lowest BCUT2D eigenvalue weighted by Crippen LogP contribution is -2.71. The molecule has 0 aromatic heterocycles. The van der Waals surface area contributed by atoms with Gasteiger partial charge in [-0.15, -0.1) is 0 Å². The number of benzene rings is 2. The van der Waals surface area contributed by atoms with Gasteiger partial charge in [0.25, 0.3) is 0 Å². The number of hydrogen-bond acceptors (Lipinski definition) is 2. The molecule has 0 N–H and O–H groups in total. The third-order valence-corrected chi connectivity index (χ3v) is 4.94. The molecule has 2 heterocycles. The van der Waals surface area contributed by atoms with Crippen molar-refractivity contribution in [3.8, 4) is 0 Å². The molecule has 0 spiro atoms. The molecule has 0 amide bonds. The lowest BCUT2D eigenvalue weighted by atomic mass is 9.83. The molecule has 0 unspecified atom stereocenters. The highest BCUT2D eigenvalue weighted by Crippen LogP contribution is 2.45. The van der Waals surface area contributed by atoms with E-state index in [0.717, 1.165) is 11.1 Å². The summed E-state index contributed by atoms with van der Waals surface area (Å²) >= 11 is 0. The van der Waals surface area contributed by atoms with Crippen LogP contribution in [0.25, 0.3) is 0 Å². The highest BCUT2D eigenvalue weighted by atomic mass is 19.1. The first-order valence-electron chi connectivity index (χ1n) is 8.10. The third kappa shape index (κ3) is 2.28. The van der Waals surface area contributed by atoms with E-state index in [-0.39, 0.29) is 0 Å². The van der Waals surface area contributed by atoms with E-state index in [1.54, 1.807) is 0 Å². The van der Waals surface area contributed by atoms with Gasteiger partial charge in [-0.2, -0.15) is 0 Å². The van der Waals surface area contributed by atoms with Crippen molar-refractivity contribution in [2.24, 2.45) is 0 Å². The highest BCUT2D eigenvalue weighted by molar-refractivity contribution is 5.39. The van der Waals surface area contributed by atoms with Gasteiger partial charge in [0.2, 0.25) is 0 Å². The average Bonchev–Trinajstić information content (AvgIpc) is 2.54. The zero-order valence-corrected chi connectivity index (χ0v) is 12.9. The second-order valence-corrected chi connectivity index (χ2v) is 6.41. The number of halogens is 2. The second-order valence-electron chi connectivity index (χ2n) is 6.41. The fourth-order valence-corrected chi connectivity index (χ4v) is 3.82. The topological polar surface area (TPSA) is 6.48 Å². The molecule has 120 valence electrons. The SMILES string of the molecule is FC1CN(C(c2ccccc2)(c2ccccc2)N2CC(F)C2)C1. The first-order valence-corrected chi connectivity index (χ1v) is 8.10. The molecule has 0 saturated carbocycles. The molecule has 0 bridgehead atoms. The molecular formula is C19H20F2N2. The van der Waals surface area contributed by atoms with Crippen LogP contribution in [0, 0.1) is 0 Å². The monoisotopic (exact) mass is 314 g/mol. The van der Waals surface area contributed by atoms with Crippen molar-refractivity contribution in [2.75, 3.05) is 26.2 Å². The Hall–Kier alpha value is -1.78. The van der Waals surface area contributed by atoms with Gasteiger partial charge in [-0.25, -0.2) is 8.78 Å². The van der Waals surface area contributed by atoms with Crippen LogP contribution in [-0.4, -0.2) is 48.3 Å². The number of hydrogen-bond donors (Lipinski definition) is 0. The van der Waals surface area contributed by atoms with E-state index in [4.69, 9.17) is 0 Å². The standard InChI is InChI=1S/C19H20F2N2/c20-17-11-22(12-17)19(23-13-18(21)14-23,15-7-3-1-4-8-15)16-9-5-2-6-10-16/h1-10,17-18H,11-14H2. The molecular weight excluding hydrogens is 294 g/mol. The average molecular weight is 314 g/mol. The van der Waals surface area contributed by atoms with Gasteiger partial charge in [0.05, 0.1) is 0 Å². The summed E-state index contributed by atoms with van der Waals surface area (Å²) in [7, 11) is 0. The molecule has 0 atom stereocenters. The smallest absolute Gasteiger partial charge is 0.127 e. The maximum Gasteiger partial charge on any atom is 0.127 e. The van der Waals surface area contributed by atoms with Gasteiger partial charge < -0.3 is 0 Å². The van der Waals surface area contributed by atoms with Crippen LogP contribution in [0.5, 0.6) is 0 Å². The molecule has 2 saturated heterocycles. The van der Waals surface area contributed by atoms with Gasteiger partial charge in [0.15, 0.2) is 0 Å². The van der Waals surface area contributed by atoms with Crippen LogP contribution in [0.15, 0.2) is 60.7 Å². The Morgan fingerprint density at radius 1 is 0.652 bits per heavy atom. The molecule has 23 heavy (non-hydrogen) atoms. The van der Waals surface area contributed by atoms with Gasteiger partial charge in [-0.1, -0.05) is 60.7 Å². The van der Waals surface area contributed by atoms with Crippen molar-refractivity contribution < 1.29 is 8.78 Å². The van der Waals surface area contributed by atoms with E-state index >= 15 is 0 Å². The van der Waals surface area contributed by atoms with Crippen LogP contribution in [0.1, 0.15) is 11.1 Å². The Morgan fingerprint density at radius 3 is 1.30 bits per heavy atom. The number of alkyl halides is 2. The number of nitrogens with zero attached hydrogens (tertiary/aromatic N) is 2. The van der Waals surface area contributed by atoms with Gasteiger partial charge in [-0.05, 0) is 11.1 Å². The van der Waals surface area contributed by atoms with Crippen LogP contribution in [0.3, 0.4) is 0 Å². The van der Waals surface area contributed by atoms with E-state index < -0.39 is 18.0 Å². The van der Waals surface area contributed by atoms with Crippen LogP contribution in [-0.2, 0) is 5.66 Å². The van der Waals surface area contributed by atoms with Crippen molar-refractivity contribution in [1.29, 1.82) is 0 Å². The summed E-state index contributed by atoms with van der Waals surface area (Å²) in [6.07, 6.45) is -1.60. The quantitative estimate of drug-likeness (QED) is 0.855. The van der Waals surface area contributed by atoms with Crippen molar-refractivity contribution in [1.82, 2.24) is 9.80 Å². The molecule has 2 aliphatic heterocycles. The first kappa shape index (κ1) is 14.8. The zero-order chi connectivity index (χ0) is 15.9. The first-order chi connectivity index (χ1) is 11.2. The maximum atomic E-state index is 13.7. The predicted molar refractivity (Wildman–Crippen MR) is 86.6 cm³/mol. The molecule has 2 nitrogen and oxygen atoms in total. The van der Waals surface area contributed by atoms with Crippen molar-refractivity contribution in [2.45, 2.75) is 18.0 Å². The predicted octanol–water partition coefficient (Wildman–Crippen LogP) is 3.20. The van der Waals surface area contributed by atoms with Crippen LogP contribution in [0.4, 0.5) is 8.78 Å². The minimum Gasteiger partial charge on any atom is -0.272 e. The summed E-state index contributed by atoms with van der Waals surface area (Å²) in [5.74, 6) is 0. The van der Waals surface area contributed by atoms with Crippen molar-refractivity contribution in [3.05, 3.63) is 71.8 Å². The molecule has 0 radical (unpaired) electrons. The maximum absolute atomic E-state index is 13.7. The summed E-state index contributed by atoms with van der Waals surface area (Å²) in [5.41, 5.74) is 1.57. The van der Waals surface area contributed by atoms with E-state index in [0.29, 0.717) is 26.2 Å². The van der Waals surface area contributed by atoms with Gasteiger partial charge in [-0.3, -0.25) is 9.80 Å². The highest BCUT2D eigenvalue weighted by Gasteiger charge is 2.53. The Balaban J connectivity index is 1.87. The van der Waals surface area contributed by atoms with E-state index in [9.17, 15) is 8.78 Å². The number of rotatable bonds is 4. The van der Waals surface area contributed by atoms with Crippen LogP contribution in [0.2, 0.25) is 0 Å². The lowest BCUT2D eigenvalue weighted by molar-refractivity contribution is -0.143. The van der Waals surface area contributed by atoms with Gasteiger partial charge in [0.1, 0.15) is 18.0 Å². The summed E-state index contributed by atoms with van der Waals surface area (Å²) in [6.45, 7) is 1.54. The van der Waals surface area contributed by atoms with Crippen molar-refractivity contribution >= 4 is 0 Å². The minimum absolute atomic E-state index is 0.386.